The molecule has 0 saturated carbocycles. The summed E-state index contributed by atoms with van der Waals surface area (Å²) >= 11 is 0. The Morgan fingerprint density at radius 1 is 1.25 bits per heavy atom. The predicted molar refractivity (Wildman–Crippen MR) is 69.2 cm³/mol. The van der Waals surface area contributed by atoms with Crippen LogP contribution >= 0.6 is 0 Å². The van der Waals surface area contributed by atoms with Gasteiger partial charge in [-0.1, -0.05) is 32.0 Å². The Bertz CT molecular complexity index is 309. The maximum Gasteiger partial charge on any atom is 0.122 e. The van der Waals surface area contributed by atoms with Crippen LogP contribution in [0, 0.1) is 0 Å². The minimum absolute atomic E-state index is 0.565. The quantitative estimate of drug-likeness (QED) is 0.731. The zero-order valence-corrected chi connectivity index (χ0v) is 10.9. The molecule has 0 fully saturated rings. The Labute approximate surface area is 99.2 Å². The molecule has 0 heterocycles. The van der Waals surface area contributed by atoms with Crippen molar-refractivity contribution in [2.75, 3.05) is 27.2 Å². The van der Waals surface area contributed by atoms with Crippen LogP contribution in [0.3, 0.4) is 0 Å². The lowest BCUT2D eigenvalue weighted by Gasteiger charge is -2.17. The number of benzene rings is 1. The minimum Gasteiger partial charge on any atom is -0.492 e. The zero-order chi connectivity index (χ0) is 12.0. The molecule has 0 spiro atoms. The largest absolute Gasteiger partial charge is 0.492 e. The maximum absolute atomic E-state index is 5.83. The van der Waals surface area contributed by atoms with Crippen molar-refractivity contribution < 1.29 is 4.74 Å². The van der Waals surface area contributed by atoms with Crippen LogP contribution in [0.1, 0.15) is 31.7 Å². The molecule has 1 rings (SSSR count). The van der Waals surface area contributed by atoms with Crippen LogP contribution in [-0.4, -0.2) is 32.1 Å². The van der Waals surface area contributed by atoms with E-state index in [0.29, 0.717) is 5.92 Å². The van der Waals surface area contributed by atoms with Crippen LogP contribution in [0.15, 0.2) is 24.3 Å². The molecule has 0 aliphatic rings. The highest BCUT2D eigenvalue weighted by atomic mass is 16.5. The van der Waals surface area contributed by atoms with Crippen LogP contribution in [0.2, 0.25) is 0 Å². The van der Waals surface area contributed by atoms with Crippen molar-refractivity contribution in [3.63, 3.8) is 0 Å². The zero-order valence-electron chi connectivity index (χ0n) is 10.9. The summed E-state index contributed by atoms with van der Waals surface area (Å²) in [7, 11) is 4.12. The number of likely N-dealkylation sites (N-methyl/N-ethyl adjacent to an activating group) is 1. The van der Waals surface area contributed by atoms with Gasteiger partial charge in [0.25, 0.3) is 0 Å². The lowest BCUT2D eigenvalue weighted by atomic mass is 9.98. The van der Waals surface area contributed by atoms with Gasteiger partial charge in [-0.15, -0.1) is 0 Å². The third kappa shape index (κ3) is 3.86. The van der Waals surface area contributed by atoms with E-state index in [1.165, 1.54) is 5.56 Å². The monoisotopic (exact) mass is 221 g/mol. The summed E-state index contributed by atoms with van der Waals surface area (Å²) in [5.74, 6) is 1.61. The van der Waals surface area contributed by atoms with Crippen LogP contribution in [0.4, 0.5) is 0 Å². The Morgan fingerprint density at radius 3 is 2.56 bits per heavy atom. The predicted octanol–water partition coefficient (Wildman–Crippen LogP) is 3.14. The molecule has 0 bridgehead atoms. The number of ether oxygens (including phenoxy) is 1. The molecule has 1 aromatic rings. The molecule has 1 atom stereocenters. The van der Waals surface area contributed by atoms with Crippen molar-refractivity contribution in [1.82, 2.24) is 4.90 Å². The number of nitrogens with zero attached hydrogens (tertiary/aromatic N) is 1. The van der Waals surface area contributed by atoms with Crippen LogP contribution in [0.5, 0.6) is 5.75 Å². The normalized spacial score (nSPS) is 12.8. The maximum atomic E-state index is 5.83. The SMILES string of the molecule is CCC(C)c1ccccc1OCCN(C)C. The van der Waals surface area contributed by atoms with Gasteiger partial charge in [0.2, 0.25) is 0 Å². The number of rotatable bonds is 6. The van der Waals surface area contributed by atoms with E-state index in [1.807, 2.05) is 6.07 Å². The fraction of sp³-hybridized carbons (Fsp3) is 0.571. The van der Waals surface area contributed by atoms with Crippen molar-refractivity contribution in [2.24, 2.45) is 0 Å². The first-order chi connectivity index (χ1) is 7.65. The van der Waals surface area contributed by atoms with Gasteiger partial charge in [0.15, 0.2) is 0 Å². The van der Waals surface area contributed by atoms with Crippen molar-refractivity contribution in [1.29, 1.82) is 0 Å². The van der Waals surface area contributed by atoms with E-state index >= 15 is 0 Å². The first-order valence-corrected chi connectivity index (χ1v) is 6.01. The molecule has 0 aliphatic carbocycles. The number of para-hydroxylation sites is 1. The molecule has 0 saturated heterocycles. The topological polar surface area (TPSA) is 12.5 Å². The van der Waals surface area contributed by atoms with Gasteiger partial charge in [0.1, 0.15) is 12.4 Å². The van der Waals surface area contributed by atoms with Crippen LogP contribution in [0.25, 0.3) is 0 Å². The van der Waals surface area contributed by atoms with Gasteiger partial charge in [-0.2, -0.15) is 0 Å². The molecule has 0 N–H and O–H groups in total. The third-order valence-electron chi connectivity index (χ3n) is 2.86. The molecule has 90 valence electrons. The van der Waals surface area contributed by atoms with Crippen molar-refractivity contribution in [2.45, 2.75) is 26.2 Å². The van der Waals surface area contributed by atoms with E-state index in [1.54, 1.807) is 0 Å². The van der Waals surface area contributed by atoms with E-state index in [-0.39, 0.29) is 0 Å². The van der Waals surface area contributed by atoms with Gasteiger partial charge >= 0.3 is 0 Å². The van der Waals surface area contributed by atoms with E-state index in [9.17, 15) is 0 Å². The van der Waals surface area contributed by atoms with Gasteiger partial charge in [-0.05, 0) is 38.1 Å². The molecule has 16 heavy (non-hydrogen) atoms. The second-order valence-electron chi connectivity index (χ2n) is 4.50. The molecule has 2 nitrogen and oxygen atoms in total. The number of hydrogen-bond acceptors (Lipinski definition) is 2. The molecule has 0 aliphatic heterocycles. The summed E-state index contributed by atoms with van der Waals surface area (Å²) in [6.45, 7) is 6.16. The minimum atomic E-state index is 0.565. The van der Waals surface area contributed by atoms with E-state index in [2.05, 4.69) is 51.0 Å². The molecular weight excluding hydrogens is 198 g/mol. The van der Waals surface area contributed by atoms with Crippen molar-refractivity contribution >= 4 is 0 Å². The van der Waals surface area contributed by atoms with Crippen LogP contribution in [-0.2, 0) is 0 Å². The smallest absolute Gasteiger partial charge is 0.122 e. The third-order valence-corrected chi connectivity index (χ3v) is 2.86. The summed E-state index contributed by atoms with van der Waals surface area (Å²) in [6.07, 6.45) is 1.15. The van der Waals surface area contributed by atoms with E-state index < -0.39 is 0 Å². The summed E-state index contributed by atoms with van der Waals surface area (Å²) < 4.78 is 5.83. The fourth-order valence-electron chi connectivity index (χ4n) is 1.58. The molecule has 2 heteroatoms. The molecule has 0 aromatic heterocycles. The summed E-state index contributed by atoms with van der Waals surface area (Å²) in [6, 6.07) is 8.35. The second-order valence-corrected chi connectivity index (χ2v) is 4.50. The molecule has 0 radical (unpaired) electrons. The lowest BCUT2D eigenvalue weighted by Crippen LogP contribution is -2.19. The van der Waals surface area contributed by atoms with Gasteiger partial charge < -0.3 is 9.64 Å². The molecule has 1 unspecified atom stereocenters. The fourth-order valence-corrected chi connectivity index (χ4v) is 1.58. The first-order valence-electron chi connectivity index (χ1n) is 6.01. The molecule has 0 amide bonds. The highest BCUT2D eigenvalue weighted by Gasteiger charge is 2.08. The van der Waals surface area contributed by atoms with Gasteiger partial charge in [0, 0.05) is 6.54 Å². The summed E-state index contributed by atoms with van der Waals surface area (Å²) in [5, 5.41) is 0. The van der Waals surface area contributed by atoms with Gasteiger partial charge in [-0.25, -0.2) is 0 Å². The average molecular weight is 221 g/mol. The summed E-state index contributed by atoms with van der Waals surface area (Å²) in [5.41, 5.74) is 1.32. The van der Waals surface area contributed by atoms with E-state index in [0.717, 1.165) is 25.3 Å². The van der Waals surface area contributed by atoms with Gasteiger partial charge in [0.05, 0.1) is 0 Å². The Morgan fingerprint density at radius 2 is 1.94 bits per heavy atom. The Hall–Kier alpha value is -1.02. The Kier molecular flexibility index (Phi) is 5.33. The van der Waals surface area contributed by atoms with Crippen molar-refractivity contribution in [3.8, 4) is 5.75 Å². The van der Waals surface area contributed by atoms with E-state index in [4.69, 9.17) is 4.74 Å². The lowest BCUT2D eigenvalue weighted by molar-refractivity contribution is 0.258. The van der Waals surface area contributed by atoms with Crippen molar-refractivity contribution in [3.05, 3.63) is 29.8 Å². The molecule has 1 aromatic carbocycles. The van der Waals surface area contributed by atoms with Crippen LogP contribution < -0.4 is 4.74 Å². The van der Waals surface area contributed by atoms with Gasteiger partial charge in [-0.3, -0.25) is 0 Å². The number of hydrogen-bond donors (Lipinski definition) is 0. The second kappa shape index (κ2) is 6.54. The standard InChI is InChI=1S/C14H23NO/c1-5-12(2)13-8-6-7-9-14(13)16-11-10-15(3)4/h6-9,12H,5,10-11H2,1-4H3. The summed E-state index contributed by atoms with van der Waals surface area (Å²) in [4.78, 5) is 2.13. The highest BCUT2D eigenvalue weighted by molar-refractivity contribution is 5.35. The Balaban J connectivity index is 2.64. The highest BCUT2D eigenvalue weighted by Crippen LogP contribution is 2.28. The average Bonchev–Trinajstić information content (AvgIpc) is 2.28. The first kappa shape index (κ1) is 13.0. The molecular formula is C14H23NO.